The molecule has 1 aliphatic heterocycles. The van der Waals surface area contributed by atoms with Crippen molar-refractivity contribution in [2.75, 3.05) is 0 Å². The number of hydrogen-bond acceptors (Lipinski definition) is 4. The maximum absolute atomic E-state index is 11.6. The number of aliphatic imine (C=N–C) groups is 1. The molecule has 0 saturated heterocycles. The van der Waals surface area contributed by atoms with E-state index in [0.717, 1.165) is 16.5 Å². The summed E-state index contributed by atoms with van der Waals surface area (Å²) >= 11 is 1.20. The van der Waals surface area contributed by atoms with E-state index in [9.17, 15) is 4.79 Å². The summed E-state index contributed by atoms with van der Waals surface area (Å²) in [5.41, 5.74) is 7.37. The largest absolute Gasteiger partial charge is 0.378 e. The number of hydrogen-bond donors (Lipinski definition) is 1. The summed E-state index contributed by atoms with van der Waals surface area (Å²) in [7, 11) is 0. The van der Waals surface area contributed by atoms with Gasteiger partial charge in [0.25, 0.3) is 5.91 Å². The van der Waals surface area contributed by atoms with Crippen molar-refractivity contribution in [2.45, 2.75) is 0 Å². The number of nitrogens with zero attached hydrogens (tertiary/aromatic N) is 2. The van der Waals surface area contributed by atoms with E-state index in [0.29, 0.717) is 10.1 Å². The second-order valence-electron chi connectivity index (χ2n) is 3.78. The molecule has 1 aliphatic rings. The lowest BCUT2D eigenvalue weighted by Gasteiger charge is -2.01. The van der Waals surface area contributed by atoms with Crippen molar-refractivity contribution in [3.8, 4) is 0 Å². The van der Waals surface area contributed by atoms with Crippen LogP contribution in [0.1, 0.15) is 5.56 Å². The average Bonchev–Trinajstić information content (AvgIpc) is 2.68. The van der Waals surface area contributed by atoms with Crippen LogP contribution in [0.25, 0.3) is 17.0 Å². The smallest absolute Gasteiger partial charge is 0.286 e. The highest BCUT2D eigenvalue weighted by atomic mass is 32.2. The first-order valence-corrected chi connectivity index (χ1v) is 6.17. The number of benzene rings is 1. The summed E-state index contributed by atoms with van der Waals surface area (Å²) in [6, 6.07) is 9.66. The van der Waals surface area contributed by atoms with Crippen molar-refractivity contribution in [3.05, 3.63) is 47.0 Å². The number of pyridine rings is 1. The molecule has 1 amide bonds. The van der Waals surface area contributed by atoms with Crippen LogP contribution in [0.15, 0.2) is 46.4 Å². The first-order valence-electron chi connectivity index (χ1n) is 5.36. The van der Waals surface area contributed by atoms with Crippen LogP contribution >= 0.6 is 11.8 Å². The van der Waals surface area contributed by atoms with E-state index in [2.05, 4.69) is 9.98 Å². The molecule has 0 bridgehead atoms. The second-order valence-corrected chi connectivity index (χ2v) is 4.85. The number of nitrogens with two attached hydrogens (primary N) is 1. The SMILES string of the molecule is NC1=NC(=O)/C(=C/c2ccnc3ccccc23)S1. The molecule has 4 nitrogen and oxygen atoms in total. The quantitative estimate of drug-likeness (QED) is 0.793. The molecular formula is C13H9N3OS. The van der Waals surface area contributed by atoms with E-state index < -0.39 is 0 Å². The Bertz CT molecular complexity index is 701. The second kappa shape index (κ2) is 4.27. The van der Waals surface area contributed by atoms with Gasteiger partial charge in [0.05, 0.1) is 10.4 Å². The normalized spacial score (nSPS) is 17.4. The Labute approximate surface area is 108 Å². The molecular weight excluding hydrogens is 246 g/mol. The lowest BCUT2D eigenvalue weighted by atomic mass is 10.1. The van der Waals surface area contributed by atoms with E-state index in [1.165, 1.54) is 11.8 Å². The van der Waals surface area contributed by atoms with Crippen molar-refractivity contribution in [3.63, 3.8) is 0 Å². The summed E-state index contributed by atoms with van der Waals surface area (Å²) in [6.07, 6.45) is 3.53. The van der Waals surface area contributed by atoms with Gasteiger partial charge in [-0.15, -0.1) is 0 Å². The summed E-state index contributed by atoms with van der Waals surface area (Å²) < 4.78 is 0. The lowest BCUT2D eigenvalue weighted by Crippen LogP contribution is -2.01. The number of carbonyl (C=O) groups excluding carboxylic acids is 1. The fourth-order valence-corrected chi connectivity index (χ4v) is 2.48. The molecule has 1 aromatic carbocycles. The van der Waals surface area contributed by atoms with Crippen LogP contribution in [0.3, 0.4) is 0 Å². The number of para-hydroxylation sites is 1. The Balaban J connectivity index is 2.11. The first-order chi connectivity index (χ1) is 8.74. The van der Waals surface area contributed by atoms with E-state index in [1.807, 2.05) is 30.3 Å². The molecule has 0 unspecified atom stereocenters. The molecule has 0 spiro atoms. The van der Waals surface area contributed by atoms with Crippen molar-refractivity contribution < 1.29 is 4.79 Å². The van der Waals surface area contributed by atoms with Crippen LogP contribution < -0.4 is 5.73 Å². The molecule has 0 atom stereocenters. The third-order valence-electron chi connectivity index (χ3n) is 2.61. The molecule has 0 saturated carbocycles. The standard InChI is InChI=1S/C13H9N3OS/c14-13-16-12(17)11(18-13)7-8-5-6-15-10-4-2-1-3-9(8)10/h1-7H,(H2,14,16,17)/b11-7-. The van der Waals surface area contributed by atoms with Crippen molar-refractivity contribution in [1.29, 1.82) is 0 Å². The predicted molar refractivity (Wildman–Crippen MR) is 73.9 cm³/mol. The monoisotopic (exact) mass is 255 g/mol. The van der Waals surface area contributed by atoms with Gasteiger partial charge in [0.15, 0.2) is 5.17 Å². The molecule has 0 aliphatic carbocycles. The molecule has 3 rings (SSSR count). The average molecular weight is 255 g/mol. The van der Waals surface area contributed by atoms with Crippen LogP contribution in [0.5, 0.6) is 0 Å². The number of amidine groups is 1. The van der Waals surface area contributed by atoms with Gasteiger partial charge in [0.1, 0.15) is 0 Å². The fourth-order valence-electron chi connectivity index (χ4n) is 1.81. The number of thioether (sulfide) groups is 1. The Morgan fingerprint density at radius 3 is 2.83 bits per heavy atom. The van der Waals surface area contributed by atoms with Gasteiger partial charge in [-0.3, -0.25) is 9.78 Å². The zero-order valence-electron chi connectivity index (χ0n) is 9.33. The van der Waals surface area contributed by atoms with Crippen LogP contribution in [-0.2, 0) is 4.79 Å². The molecule has 0 radical (unpaired) electrons. The Kier molecular flexibility index (Phi) is 2.60. The van der Waals surface area contributed by atoms with Crippen LogP contribution in [0.4, 0.5) is 0 Å². The van der Waals surface area contributed by atoms with E-state index in [4.69, 9.17) is 5.73 Å². The molecule has 1 aromatic heterocycles. The van der Waals surface area contributed by atoms with Crippen LogP contribution in [-0.4, -0.2) is 16.1 Å². The summed E-state index contributed by atoms with van der Waals surface area (Å²) in [6.45, 7) is 0. The first kappa shape index (κ1) is 11.0. The number of rotatable bonds is 1. The predicted octanol–water partition coefficient (Wildman–Crippen LogP) is 2.16. The molecule has 2 heterocycles. The van der Waals surface area contributed by atoms with Gasteiger partial charge in [-0.1, -0.05) is 18.2 Å². The minimum absolute atomic E-state index is 0.279. The lowest BCUT2D eigenvalue weighted by molar-refractivity contribution is -0.113. The van der Waals surface area contributed by atoms with Gasteiger partial charge in [-0.25, -0.2) is 0 Å². The van der Waals surface area contributed by atoms with Crippen LogP contribution in [0, 0.1) is 0 Å². The van der Waals surface area contributed by atoms with Gasteiger partial charge in [0.2, 0.25) is 0 Å². The Morgan fingerprint density at radius 1 is 1.22 bits per heavy atom. The number of fused-ring (bicyclic) bond motifs is 1. The maximum Gasteiger partial charge on any atom is 0.286 e. The highest BCUT2D eigenvalue weighted by Gasteiger charge is 2.19. The van der Waals surface area contributed by atoms with Crippen molar-refractivity contribution in [1.82, 2.24) is 4.98 Å². The zero-order chi connectivity index (χ0) is 12.5. The third-order valence-corrected chi connectivity index (χ3v) is 3.42. The minimum atomic E-state index is -0.279. The van der Waals surface area contributed by atoms with E-state index in [-0.39, 0.29) is 5.91 Å². The third kappa shape index (κ3) is 1.89. The molecule has 0 fully saturated rings. The maximum atomic E-state index is 11.6. The highest BCUT2D eigenvalue weighted by Crippen LogP contribution is 2.28. The minimum Gasteiger partial charge on any atom is -0.378 e. The molecule has 2 N–H and O–H groups in total. The molecule has 18 heavy (non-hydrogen) atoms. The zero-order valence-corrected chi connectivity index (χ0v) is 10.1. The highest BCUT2D eigenvalue weighted by molar-refractivity contribution is 8.18. The van der Waals surface area contributed by atoms with Crippen molar-refractivity contribution >= 4 is 39.8 Å². The van der Waals surface area contributed by atoms with Gasteiger partial charge in [-0.2, -0.15) is 4.99 Å². The summed E-state index contributed by atoms with van der Waals surface area (Å²) in [5.74, 6) is -0.279. The number of aromatic nitrogens is 1. The Hall–Kier alpha value is -2.14. The number of carbonyl (C=O) groups is 1. The molecule has 5 heteroatoms. The van der Waals surface area contributed by atoms with Gasteiger partial charge < -0.3 is 5.73 Å². The molecule has 2 aromatic rings. The van der Waals surface area contributed by atoms with E-state index in [1.54, 1.807) is 12.3 Å². The van der Waals surface area contributed by atoms with Gasteiger partial charge >= 0.3 is 0 Å². The number of amides is 1. The van der Waals surface area contributed by atoms with Crippen LogP contribution in [0.2, 0.25) is 0 Å². The van der Waals surface area contributed by atoms with Gasteiger partial charge in [-0.05, 0) is 35.5 Å². The van der Waals surface area contributed by atoms with Crippen molar-refractivity contribution in [2.24, 2.45) is 10.7 Å². The summed E-state index contributed by atoms with van der Waals surface area (Å²) in [4.78, 5) is 20.1. The topological polar surface area (TPSA) is 68.3 Å². The molecule has 88 valence electrons. The van der Waals surface area contributed by atoms with Gasteiger partial charge in [0, 0.05) is 11.6 Å². The Morgan fingerprint density at radius 2 is 2.06 bits per heavy atom. The fraction of sp³-hybridized carbons (Fsp3) is 0. The summed E-state index contributed by atoms with van der Waals surface area (Å²) in [5, 5.41) is 1.30. The van der Waals surface area contributed by atoms with E-state index >= 15 is 0 Å².